The highest BCUT2D eigenvalue weighted by Gasteiger charge is 2.38. The molecule has 2 atom stereocenters. The van der Waals surface area contributed by atoms with Crippen molar-refractivity contribution >= 4 is 0 Å². The molecule has 1 fully saturated rings. The Morgan fingerprint density at radius 3 is 2.72 bits per heavy atom. The minimum Gasteiger partial charge on any atom is -0.497 e. The van der Waals surface area contributed by atoms with Crippen LogP contribution in [0.4, 0.5) is 0 Å². The second kappa shape index (κ2) is 5.14. The zero-order valence-corrected chi connectivity index (χ0v) is 10.9. The van der Waals surface area contributed by atoms with Crippen LogP contribution in [0.5, 0.6) is 11.5 Å². The van der Waals surface area contributed by atoms with Crippen LogP contribution in [0.1, 0.15) is 18.6 Å². The van der Waals surface area contributed by atoms with Crippen molar-refractivity contribution < 1.29 is 18.9 Å². The van der Waals surface area contributed by atoms with Gasteiger partial charge in [0.1, 0.15) is 17.6 Å². The second-order valence-electron chi connectivity index (χ2n) is 4.36. The molecule has 2 rings (SSSR count). The Hall–Kier alpha value is -1.30. The summed E-state index contributed by atoms with van der Waals surface area (Å²) >= 11 is 0. The van der Waals surface area contributed by atoms with E-state index in [0.29, 0.717) is 13.2 Å². The van der Waals surface area contributed by atoms with Gasteiger partial charge in [-0.15, -0.1) is 0 Å². The van der Waals surface area contributed by atoms with Crippen molar-refractivity contribution in [1.29, 1.82) is 0 Å². The van der Waals surface area contributed by atoms with Gasteiger partial charge >= 0.3 is 0 Å². The van der Waals surface area contributed by atoms with E-state index < -0.39 is 5.79 Å². The Kier molecular flexibility index (Phi) is 3.75. The molecule has 0 amide bonds. The van der Waals surface area contributed by atoms with Crippen molar-refractivity contribution in [2.45, 2.75) is 18.8 Å². The van der Waals surface area contributed by atoms with Gasteiger partial charge in [0, 0.05) is 12.1 Å². The first kappa shape index (κ1) is 13.1. The summed E-state index contributed by atoms with van der Waals surface area (Å²) in [7, 11) is 3.25. The average Bonchev–Trinajstić information content (AvgIpc) is 2.81. The van der Waals surface area contributed by atoms with Crippen LogP contribution in [0, 0.1) is 0 Å². The van der Waals surface area contributed by atoms with Crippen molar-refractivity contribution in [3.05, 3.63) is 23.8 Å². The minimum absolute atomic E-state index is 0.191. The van der Waals surface area contributed by atoms with E-state index in [1.807, 2.05) is 25.1 Å². The van der Waals surface area contributed by atoms with Crippen LogP contribution in [0.2, 0.25) is 0 Å². The quantitative estimate of drug-likeness (QED) is 0.880. The molecule has 0 saturated carbocycles. The topological polar surface area (TPSA) is 62.9 Å². The molecule has 5 heteroatoms. The molecule has 1 saturated heterocycles. The number of ether oxygens (including phenoxy) is 4. The number of methoxy groups -OCH3 is 2. The molecule has 0 bridgehead atoms. The molecule has 100 valence electrons. The van der Waals surface area contributed by atoms with E-state index in [9.17, 15) is 0 Å². The predicted octanol–water partition coefficient (Wildman–Crippen LogP) is 1.47. The Balaban J connectivity index is 2.27. The molecule has 18 heavy (non-hydrogen) atoms. The normalized spacial score (nSPS) is 27.2. The van der Waals surface area contributed by atoms with Crippen LogP contribution in [0.15, 0.2) is 18.2 Å². The van der Waals surface area contributed by atoms with Gasteiger partial charge in [0.2, 0.25) is 0 Å². The molecule has 2 N–H and O–H groups in total. The molecule has 0 aliphatic carbocycles. The monoisotopic (exact) mass is 253 g/mol. The van der Waals surface area contributed by atoms with Gasteiger partial charge in [-0.2, -0.15) is 0 Å². The molecule has 1 aliphatic heterocycles. The summed E-state index contributed by atoms with van der Waals surface area (Å²) in [5, 5.41) is 0. The van der Waals surface area contributed by atoms with Crippen molar-refractivity contribution in [2.75, 3.05) is 27.4 Å². The van der Waals surface area contributed by atoms with E-state index in [2.05, 4.69) is 0 Å². The highest BCUT2D eigenvalue weighted by atomic mass is 16.7. The standard InChI is InChI=1S/C13H19NO4/c1-13(8-14)17-7-12(18-13)10-6-9(15-2)4-5-11(10)16-3/h4-6,12H,7-8,14H2,1-3H3. The number of benzene rings is 1. The summed E-state index contributed by atoms with van der Waals surface area (Å²) in [5.74, 6) is 0.792. The molecule has 0 radical (unpaired) electrons. The Labute approximate surface area is 107 Å². The molecule has 0 spiro atoms. The highest BCUT2D eigenvalue weighted by molar-refractivity contribution is 5.42. The maximum Gasteiger partial charge on any atom is 0.178 e. The molecule has 5 nitrogen and oxygen atoms in total. The van der Waals surface area contributed by atoms with E-state index in [-0.39, 0.29) is 6.10 Å². The maximum absolute atomic E-state index is 5.84. The Morgan fingerprint density at radius 2 is 2.17 bits per heavy atom. The first-order chi connectivity index (χ1) is 8.61. The molecule has 0 aromatic heterocycles. The summed E-state index contributed by atoms with van der Waals surface area (Å²) in [6, 6.07) is 5.60. The summed E-state index contributed by atoms with van der Waals surface area (Å²) < 4.78 is 22.0. The van der Waals surface area contributed by atoms with Crippen molar-refractivity contribution in [1.82, 2.24) is 0 Å². The van der Waals surface area contributed by atoms with Crippen molar-refractivity contribution in [2.24, 2.45) is 5.73 Å². The van der Waals surface area contributed by atoms with Crippen LogP contribution in [-0.4, -0.2) is 33.2 Å². The molecule has 1 heterocycles. The van der Waals surface area contributed by atoms with Gasteiger partial charge in [-0.05, 0) is 25.1 Å². The SMILES string of the molecule is COc1ccc(OC)c(C2COC(C)(CN)O2)c1. The van der Waals surface area contributed by atoms with Crippen molar-refractivity contribution in [3.63, 3.8) is 0 Å². The number of hydrogen-bond acceptors (Lipinski definition) is 5. The largest absolute Gasteiger partial charge is 0.497 e. The van der Waals surface area contributed by atoms with Gasteiger partial charge in [-0.1, -0.05) is 0 Å². The third kappa shape index (κ3) is 2.43. The van der Waals surface area contributed by atoms with Crippen LogP contribution in [-0.2, 0) is 9.47 Å². The predicted molar refractivity (Wildman–Crippen MR) is 66.8 cm³/mol. The summed E-state index contributed by atoms with van der Waals surface area (Å²) in [5.41, 5.74) is 6.54. The lowest BCUT2D eigenvalue weighted by Crippen LogP contribution is -2.35. The van der Waals surface area contributed by atoms with Crippen LogP contribution in [0.25, 0.3) is 0 Å². The lowest BCUT2D eigenvalue weighted by molar-refractivity contribution is -0.146. The van der Waals surface area contributed by atoms with Gasteiger partial charge in [0.15, 0.2) is 5.79 Å². The first-order valence-corrected chi connectivity index (χ1v) is 5.85. The summed E-state index contributed by atoms with van der Waals surface area (Å²) in [6.45, 7) is 2.60. The van der Waals surface area contributed by atoms with Crippen LogP contribution in [0.3, 0.4) is 0 Å². The van der Waals surface area contributed by atoms with E-state index >= 15 is 0 Å². The third-order valence-corrected chi connectivity index (χ3v) is 3.09. The number of hydrogen-bond donors (Lipinski definition) is 1. The Bertz CT molecular complexity index is 423. The Morgan fingerprint density at radius 1 is 1.39 bits per heavy atom. The van der Waals surface area contributed by atoms with Crippen molar-refractivity contribution in [3.8, 4) is 11.5 Å². The van der Waals surface area contributed by atoms with E-state index in [4.69, 9.17) is 24.7 Å². The first-order valence-electron chi connectivity index (χ1n) is 5.85. The third-order valence-electron chi connectivity index (χ3n) is 3.09. The molecular weight excluding hydrogens is 234 g/mol. The fourth-order valence-electron chi connectivity index (χ4n) is 1.97. The molecule has 1 aromatic rings. The average molecular weight is 253 g/mol. The minimum atomic E-state index is -0.723. The lowest BCUT2D eigenvalue weighted by atomic mass is 10.1. The smallest absolute Gasteiger partial charge is 0.178 e. The van der Waals surface area contributed by atoms with Gasteiger partial charge in [-0.3, -0.25) is 0 Å². The maximum atomic E-state index is 5.84. The summed E-state index contributed by atoms with van der Waals surface area (Å²) in [6.07, 6.45) is -0.191. The number of rotatable bonds is 4. The van der Waals surface area contributed by atoms with E-state index in [0.717, 1.165) is 17.1 Å². The fourth-order valence-corrected chi connectivity index (χ4v) is 1.97. The van der Waals surface area contributed by atoms with Crippen LogP contribution >= 0.6 is 0 Å². The van der Waals surface area contributed by atoms with Gasteiger partial charge in [0.25, 0.3) is 0 Å². The van der Waals surface area contributed by atoms with Gasteiger partial charge in [-0.25, -0.2) is 0 Å². The van der Waals surface area contributed by atoms with Crippen LogP contribution < -0.4 is 15.2 Å². The van der Waals surface area contributed by atoms with Gasteiger partial charge in [0.05, 0.1) is 20.8 Å². The number of nitrogens with two attached hydrogens (primary N) is 1. The highest BCUT2D eigenvalue weighted by Crippen LogP contribution is 2.38. The second-order valence-corrected chi connectivity index (χ2v) is 4.36. The molecule has 1 aromatic carbocycles. The molecule has 2 unspecified atom stereocenters. The fraction of sp³-hybridized carbons (Fsp3) is 0.538. The zero-order valence-electron chi connectivity index (χ0n) is 10.9. The van der Waals surface area contributed by atoms with E-state index in [1.54, 1.807) is 14.2 Å². The molecule has 1 aliphatic rings. The van der Waals surface area contributed by atoms with E-state index in [1.165, 1.54) is 0 Å². The molecular formula is C13H19NO4. The van der Waals surface area contributed by atoms with Gasteiger partial charge < -0.3 is 24.7 Å². The zero-order chi connectivity index (χ0) is 13.2. The summed E-state index contributed by atoms with van der Waals surface area (Å²) in [4.78, 5) is 0. The lowest BCUT2D eigenvalue weighted by Gasteiger charge is -2.21.